The highest BCUT2D eigenvalue weighted by Gasteiger charge is 2.06. The van der Waals surface area contributed by atoms with Crippen LogP contribution < -0.4 is 0 Å². The minimum atomic E-state index is 0.725. The zero-order valence-corrected chi connectivity index (χ0v) is 12.1. The van der Waals surface area contributed by atoms with Gasteiger partial charge in [-0.1, -0.05) is 15.9 Å². The van der Waals surface area contributed by atoms with E-state index in [0.717, 1.165) is 32.4 Å². The van der Waals surface area contributed by atoms with Gasteiger partial charge in [0.2, 0.25) is 0 Å². The predicted molar refractivity (Wildman–Crippen MR) is 77.1 cm³/mol. The summed E-state index contributed by atoms with van der Waals surface area (Å²) in [6.45, 7) is 0.725. The first-order valence-corrected chi connectivity index (χ1v) is 6.69. The predicted octanol–water partition coefficient (Wildman–Crippen LogP) is 3.24. The third kappa shape index (κ3) is 2.02. The Labute approximate surface area is 117 Å². The Balaban J connectivity index is 2.13. The first-order valence-electron chi connectivity index (χ1n) is 5.49. The van der Waals surface area contributed by atoms with Crippen LogP contribution in [0, 0.1) is 4.77 Å². The number of benzene rings is 1. The molecule has 1 aromatic carbocycles. The van der Waals surface area contributed by atoms with Crippen molar-refractivity contribution in [3.05, 3.63) is 45.4 Å². The fourth-order valence-electron chi connectivity index (χ4n) is 2.02. The van der Waals surface area contributed by atoms with Gasteiger partial charge in [0.05, 0.1) is 23.8 Å². The topological polar surface area (TPSA) is 38.5 Å². The lowest BCUT2D eigenvalue weighted by Gasteiger charge is -2.02. The monoisotopic (exact) mass is 322 g/mol. The fourth-order valence-corrected chi connectivity index (χ4v) is 2.64. The van der Waals surface area contributed by atoms with Crippen molar-refractivity contribution < 1.29 is 0 Å². The molecule has 0 radical (unpaired) electrons. The Kier molecular flexibility index (Phi) is 2.83. The molecule has 0 unspecified atom stereocenters. The Morgan fingerprint density at radius 2 is 2.28 bits per heavy atom. The normalized spacial score (nSPS) is 11.2. The van der Waals surface area contributed by atoms with Crippen molar-refractivity contribution in [3.8, 4) is 0 Å². The minimum absolute atomic E-state index is 0.725. The second-order valence-corrected chi connectivity index (χ2v) is 5.50. The van der Waals surface area contributed by atoms with Crippen LogP contribution in [0.5, 0.6) is 0 Å². The molecular formula is C12H11BrN4S. The van der Waals surface area contributed by atoms with Crippen molar-refractivity contribution in [1.29, 1.82) is 0 Å². The van der Waals surface area contributed by atoms with Crippen LogP contribution in [0.1, 0.15) is 5.56 Å². The van der Waals surface area contributed by atoms with Crippen LogP contribution >= 0.6 is 28.1 Å². The zero-order valence-electron chi connectivity index (χ0n) is 9.72. The smallest absolute Gasteiger partial charge is 0.178 e. The first-order chi connectivity index (χ1) is 8.63. The van der Waals surface area contributed by atoms with Crippen LogP contribution in [0.25, 0.3) is 11.0 Å². The molecule has 1 N–H and O–H groups in total. The van der Waals surface area contributed by atoms with E-state index in [1.807, 2.05) is 31.6 Å². The fraction of sp³-hybridized carbons (Fsp3) is 0.167. The van der Waals surface area contributed by atoms with Gasteiger partial charge in [0.25, 0.3) is 0 Å². The van der Waals surface area contributed by atoms with Crippen LogP contribution in [0.2, 0.25) is 0 Å². The molecule has 0 amide bonds. The molecule has 6 heteroatoms. The molecule has 2 aromatic heterocycles. The number of imidazole rings is 1. The average molecular weight is 323 g/mol. The van der Waals surface area contributed by atoms with Gasteiger partial charge in [-0.05, 0) is 30.4 Å². The standard InChI is InChI=1S/C12H11BrN4S/c1-16-6-8(5-14-16)7-17-11-4-9(13)2-3-10(11)15-12(17)18/h2-6H,7H2,1H3,(H,15,18). The molecule has 0 bridgehead atoms. The molecule has 0 aliphatic heterocycles. The summed E-state index contributed by atoms with van der Waals surface area (Å²) >= 11 is 8.85. The van der Waals surface area contributed by atoms with Crippen molar-refractivity contribution in [2.24, 2.45) is 7.05 Å². The maximum absolute atomic E-state index is 5.37. The number of fused-ring (bicyclic) bond motifs is 1. The second kappa shape index (κ2) is 4.37. The summed E-state index contributed by atoms with van der Waals surface area (Å²) in [5.74, 6) is 0. The van der Waals surface area contributed by atoms with E-state index in [1.165, 1.54) is 0 Å². The van der Waals surface area contributed by atoms with Crippen LogP contribution in [-0.2, 0) is 13.6 Å². The number of aromatic nitrogens is 4. The molecule has 4 nitrogen and oxygen atoms in total. The van der Waals surface area contributed by atoms with Gasteiger partial charge in [0, 0.05) is 23.3 Å². The maximum Gasteiger partial charge on any atom is 0.178 e. The zero-order chi connectivity index (χ0) is 12.7. The van der Waals surface area contributed by atoms with Gasteiger partial charge in [-0.15, -0.1) is 0 Å². The van der Waals surface area contributed by atoms with E-state index >= 15 is 0 Å². The van der Waals surface area contributed by atoms with E-state index in [-0.39, 0.29) is 0 Å². The SMILES string of the molecule is Cn1cc(Cn2c(=S)[nH]c3ccc(Br)cc32)cn1. The molecule has 18 heavy (non-hydrogen) atoms. The molecule has 0 saturated heterocycles. The summed E-state index contributed by atoms with van der Waals surface area (Å²) in [6.07, 6.45) is 3.86. The number of hydrogen-bond acceptors (Lipinski definition) is 2. The number of nitrogens with zero attached hydrogens (tertiary/aromatic N) is 3. The van der Waals surface area contributed by atoms with E-state index in [9.17, 15) is 0 Å². The van der Waals surface area contributed by atoms with E-state index in [2.05, 4.69) is 36.6 Å². The third-order valence-corrected chi connectivity index (χ3v) is 3.65. The summed E-state index contributed by atoms with van der Waals surface area (Å²) in [4.78, 5) is 3.21. The first kappa shape index (κ1) is 11.7. The number of halogens is 1. The molecule has 0 saturated carbocycles. The van der Waals surface area contributed by atoms with Gasteiger partial charge in [-0.2, -0.15) is 5.10 Å². The lowest BCUT2D eigenvalue weighted by Crippen LogP contribution is -1.98. The Morgan fingerprint density at radius 3 is 3.00 bits per heavy atom. The number of rotatable bonds is 2. The van der Waals surface area contributed by atoms with Gasteiger partial charge in [0.15, 0.2) is 4.77 Å². The largest absolute Gasteiger partial charge is 0.331 e. The lowest BCUT2D eigenvalue weighted by atomic mass is 10.3. The van der Waals surface area contributed by atoms with Crippen molar-refractivity contribution in [2.75, 3.05) is 0 Å². The number of nitrogens with one attached hydrogen (secondary N) is 1. The molecule has 2 heterocycles. The Morgan fingerprint density at radius 1 is 1.44 bits per heavy atom. The van der Waals surface area contributed by atoms with E-state index in [0.29, 0.717) is 0 Å². The summed E-state index contributed by atoms with van der Waals surface area (Å²) in [5, 5.41) is 4.17. The van der Waals surface area contributed by atoms with Crippen LogP contribution in [0.4, 0.5) is 0 Å². The molecule has 3 aromatic rings. The molecule has 0 fully saturated rings. The molecule has 0 atom stereocenters. The highest BCUT2D eigenvalue weighted by Crippen LogP contribution is 2.20. The Bertz CT molecular complexity index is 768. The molecular weight excluding hydrogens is 312 g/mol. The van der Waals surface area contributed by atoms with Crippen LogP contribution in [0.15, 0.2) is 35.1 Å². The summed E-state index contributed by atoms with van der Waals surface area (Å²) in [7, 11) is 1.91. The average Bonchev–Trinajstić information content (AvgIpc) is 2.86. The van der Waals surface area contributed by atoms with E-state index < -0.39 is 0 Å². The molecule has 0 spiro atoms. The van der Waals surface area contributed by atoms with E-state index in [1.54, 1.807) is 4.68 Å². The van der Waals surface area contributed by atoms with Gasteiger partial charge in [0.1, 0.15) is 0 Å². The van der Waals surface area contributed by atoms with Gasteiger partial charge < -0.3 is 9.55 Å². The highest BCUT2D eigenvalue weighted by molar-refractivity contribution is 9.10. The minimum Gasteiger partial charge on any atom is -0.331 e. The lowest BCUT2D eigenvalue weighted by molar-refractivity contribution is 0.763. The highest BCUT2D eigenvalue weighted by atomic mass is 79.9. The third-order valence-electron chi connectivity index (χ3n) is 2.84. The number of H-pyrrole nitrogens is 1. The van der Waals surface area contributed by atoms with E-state index in [4.69, 9.17) is 12.2 Å². The molecule has 92 valence electrons. The maximum atomic E-state index is 5.37. The van der Waals surface area contributed by atoms with Gasteiger partial charge in [-0.3, -0.25) is 4.68 Å². The summed E-state index contributed by atoms with van der Waals surface area (Å²) in [6, 6.07) is 6.09. The summed E-state index contributed by atoms with van der Waals surface area (Å²) < 4.78 is 5.65. The number of aryl methyl sites for hydroxylation is 1. The Hall–Kier alpha value is -1.40. The van der Waals surface area contributed by atoms with Gasteiger partial charge in [-0.25, -0.2) is 0 Å². The van der Waals surface area contributed by atoms with Crippen molar-refractivity contribution in [3.63, 3.8) is 0 Å². The second-order valence-electron chi connectivity index (χ2n) is 4.20. The van der Waals surface area contributed by atoms with Crippen molar-refractivity contribution >= 4 is 39.2 Å². The van der Waals surface area contributed by atoms with Gasteiger partial charge >= 0.3 is 0 Å². The summed E-state index contributed by atoms with van der Waals surface area (Å²) in [5.41, 5.74) is 3.28. The quantitative estimate of drug-likeness (QED) is 0.735. The number of aromatic amines is 1. The van der Waals surface area contributed by atoms with Crippen LogP contribution in [0.3, 0.4) is 0 Å². The van der Waals surface area contributed by atoms with Crippen LogP contribution in [-0.4, -0.2) is 19.3 Å². The molecule has 0 aliphatic rings. The number of hydrogen-bond donors (Lipinski definition) is 1. The van der Waals surface area contributed by atoms with Crippen molar-refractivity contribution in [1.82, 2.24) is 19.3 Å². The molecule has 3 rings (SSSR count). The molecule has 0 aliphatic carbocycles. The van der Waals surface area contributed by atoms with Crippen molar-refractivity contribution in [2.45, 2.75) is 6.54 Å².